The number of carbonyl (C=O) groups is 3. The summed E-state index contributed by atoms with van der Waals surface area (Å²) in [5.74, 6) is -1.93. The number of anilines is 1. The number of rotatable bonds is 6. The molecular weight excluding hydrogens is 382 g/mol. The third-order valence-electron chi connectivity index (χ3n) is 4.75. The highest BCUT2D eigenvalue weighted by molar-refractivity contribution is 6.09. The number of nitrogens with one attached hydrogen (secondary N) is 1. The zero-order chi connectivity index (χ0) is 21.7. The van der Waals surface area contributed by atoms with Crippen LogP contribution in [-0.4, -0.2) is 29.9 Å². The summed E-state index contributed by atoms with van der Waals surface area (Å²) in [6.45, 7) is 1.73. The summed E-state index contributed by atoms with van der Waals surface area (Å²) in [4.78, 5) is 37.1. The summed E-state index contributed by atoms with van der Waals surface area (Å²) < 4.78 is 4.62. The van der Waals surface area contributed by atoms with E-state index in [9.17, 15) is 19.5 Å². The number of benzene rings is 3. The number of phenols is 1. The fraction of sp³-hybridized carbons (Fsp3) is 0.125. The van der Waals surface area contributed by atoms with Crippen molar-refractivity contribution in [2.75, 3.05) is 12.4 Å². The highest BCUT2D eigenvalue weighted by atomic mass is 16.5. The largest absolute Gasteiger partial charge is 0.507 e. The molecule has 3 aromatic rings. The normalized spacial score (nSPS) is 11.4. The van der Waals surface area contributed by atoms with Gasteiger partial charge < -0.3 is 15.2 Å². The van der Waals surface area contributed by atoms with Crippen LogP contribution < -0.4 is 5.32 Å². The van der Waals surface area contributed by atoms with Crippen LogP contribution in [0.4, 0.5) is 5.69 Å². The maximum atomic E-state index is 12.7. The van der Waals surface area contributed by atoms with Crippen LogP contribution in [-0.2, 0) is 9.53 Å². The van der Waals surface area contributed by atoms with Crippen molar-refractivity contribution < 1.29 is 24.2 Å². The van der Waals surface area contributed by atoms with Crippen molar-refractivity contribution in [3.63, 3.8) is 0 Å². The standard InChI is InChI=1S/C24H21NO5/c1-15(23(28)25-19-11-12-21(26)20(14-19)24(29)30-2)17-9-6-10-18(13-17)22(27)16-7-4-3-5-8-16/h3-15,26H,1-2H3,(H,25,28). The number of ketones is 1. The van der Waals surface area contributed by atoms with Crippen molar-refractivity contribution >= 4 is 23.3 Å². The Balaban J connectivity index is 1.79. The molecule has 30 heavy (non-hydrogen) atoms. The first-order valence-corrected chi connectivity index (χ1v) is 9.32. The second-order valence-electron chi connectivity index (χ2n) is 6.76. The van der Waals surface area contributed by atoms with Crippen molar-refractivity contribution in [3.8, 4) is 5.75 Å². The number of amides is 1. The number of ether oxygens (including phenoxy) is 1. The second kappa shape index (κ2) is 9.05. The minimum atomic E-state index is -0.705. The lowest BCUT2D eigenvalue weighted by Crippen LogP contribution is -2.19. The molecule has 0 bridgehead atoms. The summed E-state index contributed by atoms with van der Waals surface area (Å²) in [6, 6.07) is 20.0. The molecule has 0 aliphatic carbocycles. The summed E-state index contributed by atoms with van der Waals surface area (Å²) in [7, 11) is 1.21. The Bertz CT molecular complexity index is 1090. The van der Waals surface area contributed by atoms with E-state index >= 15 is 0 Å². The molecule has 6 heteroatoms. The Hall–Kier alpha value is -3.93. The summed E-state index contributed by atoms with van der Waals surface area (Å²) in [6.07, 6.45) is 0. The Morgan fingerprint density at radius 2 is 1.60 bits per heavy atom. The minimum absolute atomic E-state index is 0.0431. The van der Waals surface area contributed by atoms with Gasteiger partial charge in [0.2, 0.25) is 5.91 Å². The first kappa shape index (κ1) is 20.8. The molecule has 1 amide bonds. The quantitative estimate of drug-likeness (QED) is 0.366. The third-order valence-corrected chi connectivity index (χ3v) is 4.75. The molecule has 152 valence electrons. The van der Waals surface area contributed by atoms with Gasteiger partial charge in [-0.1, -0.05) is 48.5 Å². The average Bonchev–Trinajstić information content (AvgIpc) is 2.79. The van der Waals surface area contributed by atoms with Crippen molar-refractivity contribution in [3.05, 3.63) is 95.1 Å². The number of hydrogen-bond donors (Lipinski definition) is 2. The van der Waals surface area contributed by atoms with E-state index in [0.717, 1.165) is 0 Å². The van der Waals surface area contributed by atoms with Crippen LogP contribution in [0, 0.1) is 0 Å². The van der Waals surface area contributed by atoms with Gasteiger partial charge in [-0.05, 0) is 36.8 Å². The molecule has 0 saturated carbocycles. The van der Waals surface area contributed by atoms with E-state index < -0.39 is 11.9 Å². The van der Waals surface area contributed by atoms with Crippen molar-refractivity contribution in [2.45, 2.75) is 12.8 Å². The van der Waals surface area contributed by atoms with E-state index in [0.29, 0.717) is 22.4 Å². The van der Waals surface area contributed by atoms with Crippen molar-refractivity contribution in [2.24, 2.45) is 0 Å². The van der Waals surface area contributed by atoms with Crippen LogP contribution in [0.25, 0.3) is 0 Å². The zero-order valence-corrected chi connectivity index (χ0v) is 16.6. The Labute approximate surface area is 174 Å². The summed E-state index contributed by atoms with van der Waals surface area (Å²) in [5, 5.41) is 12.5. The van der Waals surface area contributed by atoms with Gasteiger partial charge in [-0.15, -0.1) is 0 Å². The molecule has 6 nitrogen and oxygen atoms in total. The second-order valence-corrected chi connectivity index (χ2v) is 6.76. The number of esters is 1. The predicted octanol–water partition coefficient (Wildman–Crippen LogP) is 4.15. The molecule has 1 atom stereocenters. The van der Waals surface area contributed by atoms with Gasteiger partial charge in [0.25, 0.3) is 0 Å². The Morgan fingerprint density at radius 3 is 2.30 bits per heavy atom. The Kier molecular flexibility index (Phi) is 6.27. The van der Waals surface area contributed by atoms with Gasteiger partial charge in [0.05, 0.1) is 13.0 Å². The Morgan fingerprint density at radius 1 is 0.900 bits per heavy atom. The van der Waals surface area contributed by atoms with E-state index in [4.69, 9.17) is 0 Å². The summed E-state index contributed by atoms with van der Waals surface area (Å²) in [5.41, 5.74) is 2.06. The molecule has 0 aromatic heterocycles. The van der Waals surface area contributed by atoms with Crippen molar-refractivity contribution in [1.29, 1.82) is 0 Å². The number of phenolic OH excluding ortho intramolecular Hbond substituents is 1. The molecule has 0 radical (unpaired) electrons. The fourth-order valence-electron chi connectivity index (χ4n) is 2.99. The molecule has 2 N–H and O–H groups in total. The molecule has 0 spiro atoms. The zero-order valence-electron chi connectivity index (χ0n) is 16.6. The number of hydrogen-bond acceptors (Lipinski definition) is 5. The van der Waals surface area contributed by atoms with Crippen LogP contribution in [0.15, 0.2) is 72.8 Å². The van der Waals surface area contributed by atoms with Gasteiger partial charge >= 0.3 is 5.97 Å². The molecule has 0 saturated heterocycles. The minimum Gasteiger partial charge on any atom is -0.507 e. The molecule has 0 heterocycles. The molecule has 0 aliphatic heterocycles. The monoisotopic (exact) mass is 403 g/mol. The number of carbonyl (C=O) groups excluding carboxylic acids is 3. The van der Waals surface area contributed by atoms with E-state index in [-0.39, 0.29) is 23.0 Å². The van der Waals surface area contributed by atoms with E-state index in [1.54, 1.807) is 55.5 Å². The molecule has 3 aromatic carbocycles. The van der Waals surface area contributed by atoms with Gasteiger partial charge in [-0.2, -0.15) is 0 Å². The number of methoxy groups -OCH3 is 1. The highest BCUT2D eigenvalue weighted by Gasteiger charge is 2.19. The van der Waals surface area contributed by atoms with Gasteiger partial charge in [0.1, 0.15) is 11.3 Å². The van der Waals surface area contributed by atoms with Crippen LogP contribution in [0.2, 0.25) is 0 Å². The molecule has 0 aliphatic rings. The van der Waals surface area contributed by atoms with Crippen LogP contribution >= 0.6 is 0 Å². The van der Waals surface area contributed by atoms with E-state index in [1.165, 1.54) is 25.3 Å². The highest BCUT2D eigenvalue weighted by Crippen LogP contribution is 2.25. The number of aromatic hydroxyl groups is 1. The van der Waals surface area contributed by atoms with E-state index in [2.05, 4.69) is 10.1 Å². The molecular formula is C24H21NO5. The van der Waals surface area contributed by atoms with Gasteiger partial charge in [0.15, 0.2) is 5.78 Å². The lowest BCUT2D eigenvalue weighted by molar-refractivity contribution is -0.117. The lowest BCUT2D eigenvalue weighted by Gasteiger charge is -2.14. The molecule has 0 fully saturated rings. The maximum Gasteiger partial charge on any atom is 0.341 e. The van der Waals surface area contributed by atoms with Gasteiger partial charge in [-0.25, -0.2) is 4.79 Å². The lowest BCUT2D eigenvalue weighted by atomic mass is 9.95. The predicted molar refractivity (Wildman–Crippen MR) is 113 cm³/mol. The third kappa shape index (κ3) is 4.55. The molecule has 3 rings (SSSR count). The first-order chi connectivity index (χ1) is 14.4. The smallest absolute Gasteiger partial charge is 0.341 e. The van der Waals surface area contributed by atoms with Gasteiger partial charge in [0, 0.05) is 16.8 Å². The van der Waals surface area contributed by atoms with Crippen LogP contribution in [0.3, 0.4) is 0 Å². The van der Waals surface area contributed by atoms with Gasteiger partial charge in [-0.3, -0.25) is 9.59 Å². The fourth-order valence-corrected chi connectivity index (χ4v) is 2.99. The van der Waals surface area contributed by atoms with Crippen LogP contribution in [0.5, 0.6) is 5.75 Å². The SMILES string of the molecule is COC(=O)c1cc(NC(=O)C(C)c2cccc(C(=O)c3ccccc3)c2)ccc1O. The van der Waals surface area contributed by atoms with E-state index in [1.807, 2.05) is 6.07 Å². The summed E-state index contributed by atoms with van der Waals surface area (Å²) >= 11 is 0. The maximum absolute atomic E-state index is 12.7. The van der Waals surface area contributed by atoms with Crippen LogP contribution in [0.1, 0.15) is 44.7 Å². The van der Waals surface area contributed by atoms with Crippen molar-refractivity contribution in [1.82, 2.24) is 0 Å². The first-order valence-electron chi connectivity index (χ1n) is 9.32. The average molecular weight is 403 g/mol. The molecule has 1 unspecified atom stereocenters. The topological polar surface area (TPSA) is 92.7 Å².